The minimum absolute atomic E-state index is 0.0296. The van der Waals surface area contributed by atoms with Crippen molar-refractivity contribution in [2.45, 2.75) is 11.4 Å². The van der Waals surface area contributed by atoms with Gasteiger partial charge in [-0.1, -0.05) is 6.08 Å². The standard InChI is InChI=1S/C17H17F2NO3S/c1-3-10-20(12-13-11-14(18)4-9-17(13)19)24(21,22)16-7-5-15(23-2)6-8-16/h3-9,11H,1,10,12H2,2H3. The predicted molar refractivity (Wildman–Crippen MR) is 87.1 cm³/mol. The molecule has 2 aromatic carbocycles. The Morgan fingerprint density at radius 1 is 1.17 bits per heavy atom. The van der Waals surface area contributed by atoms with Crippen molar-refractivity contribution in [3.63, 3.8) is 0 Å². The molecule has 0 bridgehead atoms. The lowest BCUT2D eigenvalue weighted by molar-refractivity contribution is 0.413. The SMILES string of the molecule is C=CCN(Cc1cc(F)ccc1F)S(=O)(=O)c1ccc(OC)cc1. The van der Waals surface area contributed by atoms with Crippen LogP contribution in [0, 0.1) is 11.6 Å². The van der Waals surface area contributed by atoms with Gasteiger partial charge in [0.2, 0.25) is 10.0 Å². The summed E-state index contributed by atoms with van der Waals surface area (Å²) < 4.78 is 58.7. The van der Waals surface area contributed by atoms with Crippen molar-refractivity contribution in [1.29, 1.82) is 0 Å². The van der Waals surface area contributed by atoms with E-state index in [2.05, 4.69) is 6.58 Å². The van der Waals surface area contributed by atoms with Gasteiger partial charge in [-0.3, -0.25) is 0 Å². The number of halogens is 2. The van der Waals surface area contributed by atoms with Crippen molar-refractivity contribution >= 4 is 10.0 Å². The van der Waals surface area contributed by atoms with Crippen molar-refractivity contribution in [1.82, 2.24) is 4.31 Å². The van der Waals surface area contributed by atoms with Gasteiger partial charge in [0, 0.05) is 18.7 Å². The lowest BCUT2D eigenvalue weighted by Crippen LogP contribution is -2.31. The Morgan fingerprint density at radius 2 is 1.83 bits per heavy atom. The first-order chi connectivity index (χ1) is 11.4. The highest BCUT2D eigenvalue weighted by atomic mass is 32.2. The predicted octanol–water partition coefficient (Wildman–Crippen LogP) is 3.35. The number of sulfonamides is 1. The van der Waals surface area contributed by atoms with Crippen molar-refractivity contribution in [3.8, 4) is 5.75 Å². The fraction of sp³-hybridized carbons (Fsp3) is 0.176. The molecular formula is C17H17F2NO3S. The minimum atomic E-state index is -3.90. The number of ether oxygens (including phenoxy) is 1. The summed E-state index contributed by atoms with van der Waals surface area (Å²) in [5.74, 6) is -0.789. The number of nitrogens with zero attached hydrogens (tertiary/aromatic N) is 1. The number of hydrogen-bond donors (Lipinski definition) is 0. The Hall–Kier alpha value is -2.25. The largest absolute Gasteiger partial charge is 0.497 e. The second-order valence-corrected chi connectivity index (χ2v) is 6.94. The van der Waals surface area contributed by atoms with E-state index in [4.69, 9.17) is 4.74 Å². The van der Waals surface area contributed by atoms with Crippen LogP contribution in [-0.2, 0) is 16.6 Å². The lowest BCUT2D eigenvalue weighted by atomic mass is 10.2. The van der Waals surface area contributed by atoms with E-state index in [0.29, 0.717) is 5.75 Å². The molecule has 4 nitrogen and oxygen atoms in total. The smallest absolute Gasteiger partial charge is 0.243 e. The summed E-state index contributed by atoms with van der Waals surface area (Å²) in [4.78, 5) is 0.0296. The van der Waals surface area contributed by atoms with Crippen LogP contribution in [0.1, 0.15) is 5.56 Å². The molecule has 0 aliphatic heterocycles. The van der Waals surface area contributed by atoms with Gasteiger partial charge in [0.25, 0.3) is 0 Å². The fourth-order valence-electron chi connectivity index (χ4n) is 2.14. The zero-order valence-electron chi connectivity index (χ0n) is 13.1. The molecule has 0 heterocycles. The molecule has 0 saturated carbocycles. The van der Waals surface area contributed by atoms with Crippen molar-refractivity contribution < 1.29 is 21.9 Å². The summed E-state index contributed by atoms with van der Waals surface area (Å²) in [6.45, 7) is 3.18. The number of methoxy groups -OCH3 is 1. The van der Waals surface area contributed by atoms with E-state index in [0.717, 1.165) is 22.5 Å². The molecule has 0 aliphatic carbocycles. The zero-order valence-corrected chi connectivity index (χ0v) is 13.9. The normalized spacial score (nSPS) is 11.5. The van der Waals surface area contributed by atoms with Crippen molar-refractivity contribution in [3.05, 3.63) is 72.3 Å². The average molecular weight is 353 g/mol. The Labute approximate surface area is 140 Å². The van der Waals surface area contributed by atoms with Gasteiger partial charge in [-0.15, -0.1) is 6.58 Å². The number of rotatable bonds is 7. The third-order valence-electron chi connectivity index (χ3n) is 3.38. The number of hydrogen-bond acceptors (Lipinski definition) is 3. The van der Waals surface area contributed by atoms with E-state index >= 15 is 0 Å². The van der Waals surface area contributed by atoms with E-state index in [1.54, 1.807) is 0 Å². The van der Waals surface area contributed by atoms with E-state index in [9.17, 15) is 17.2 Å². The van der Waals surface area contributed by atoms with Gasteiger partial charge in [-0.2, -0.15) is 4.31 Å². The van der Waals surface area contributed by atoms with Crippen LogP contribution >= 0.6 is 0 Å². The maximum Gasteiger partial charge on any atom is 0.243 e. The first-order valence-corrected chi connectivity index (χ1v) is 8.51. The van der Waals surface area contributed by atoms with Crippen molar-refractivity contribution in [2.24, 2.45) is 0 Å². The molecule has 7 heteroatoms. The van der Waals surface area contributed by atoms with Crippen LogP contribution in [0.3, 0.4) is 0 Å². The Morgan fingerprint density at radius 3 is 2.42 bits per heavy atom. The molecule has 0 N–H and O–H groups in total. The first-order valence-electron chi connectivity index (χ1n) is 7.07. The van der Waals surface area contributed by atoms with Gasteiger partial charge < -0.3 is 4.74 Å². The summed E-state index contributed by atoms with van der Waals surface area (Å²) in [7, 11) is -2.43. The van der Waals surface area contributed by atoms with E-state index < -0.39 is 21.7 Å². The third-order valence-corrected chi connectivity index (χ3v) is 5.21. The Kier molecular flexibility index (Phi) is 5.69. The second kappa shape index (κ2) is 7.55. The van der Waals surface area contributed by atoms with Gasteiger partial charge in [0.05, 0.1) is 12.0 Å². The highest BCUT2D eigenvalue weighted by Crippen LogP contribution is 2.22. The molecule has 0 fully saturated rings. The van der Waals surface area contributed by atoms with E-state index in [-0.39, 0.29) is 23.5 Å². The van der Waals surface area contributed by atoms with Crippen LogP contribution in [0.15, 0.2) is 60.0 Å². The first kappa shape index (κ1) is 18.1. The summed E-state index contributed by atoms with van der Waals surface area (Å²) in [5, 5.41) is 0. The van der Waals surface area contributed by atoms with Crippen LogP contribution in [0.2, 0.25) is 0 Å². The second-order valence-electron chi connectivity index (χ2n) is 5.00. The lowest BCUT2D eigenvalue weighted by Gasteiger charge is -2.21. The highest BCUT2D eigenvalue weighted by molar-refractivity contribution is 7.89. The van der Waals surface area contributed by atoms with Crippen LogP contribution in [0.25, 0.3) is 0 Å². The van der Waals surface area contributed by atoms with Gasteiger partial charge in [0.1, 0.15) is 17.4 Å². The molecule has 0 saturated heterocycles. The molecular weight excluding hydrogens is 336 g/mol. The van der Waals surface area contributed by atoms with Gasteiger partial charge >= 0.3 is 0 Å². The fourth-order valence-corrected chi connectivity index (χ4v) is 3.53. The maximum atomic E-state index is 13.8. The molecule has 2 rings (SSSR count). The molecule has 0 aromatic heterocycles. The molecule has 0 aliphatic rings. The van der Waals surface area contributed by atoms with Crippen LogP contribution < -0.4 is 4.74 Å². The molecule has 0 atom stereocenters. The third kappa shape index (κ3) is 3.98. The minimum Gasteiger partial charge on any atom is -0.497 e. The van der Waals surface area contributed by atoms with Crippen LogP contribution in [0.4, 0.5) is 8.78 Å². The quantitative estimate of drug-likeness (QED) is 0.717. The summed E-state index contributed by atoms with van der Waals surface area (Å²) in [5.41, 5.74) is -0.0473. The van der Waals surface area contributed by atoms with Crippen molar-refractivity contribution in [2.75, 3.05) is 13.7 Å². The Bertz CT molecular complexity index is 820. The maximum absolute atomic E-state index is 13.8. The zero-order chi connectivity index (χ0) is 17.7. The molecule has 0 amide bonds. The molecule has 24 heavy (non-hydrogen) atoms. The molecule has 0 spiro atoms. The van der Waals surface area contributed by atoms with E-state index in [1.165, 1.54) is 37.5 Å². The van der Waals surface area contributed by atoms with Crippen LogP contribution in [0.5, 0.6) is 5.75 Å². The summed E-state index contributed by atoms with van der Waals surface area (Å²) >= 11 is 0. The Balaban J connectivity index is 2.37. The monoisotopic (exact) mass is 353 g/mol. The van der Waals surface area contributed by atoms with Gasteiger partial charge in [-0.05, 0) is 42.5 Å². The summed E-state index contributed by atoms with van der Waals surface area (Å²) in [6.07, 6.45) is 1.39. The average Bonchev–Trinajstić information content (AvgIpc) is 2.57. The molecule has 0 unspecified atom stereocenters. The molecule has 128 valence electrons. The summed E-state index contributed by atoms with van der Waals surface area (Å²) in [6, 6.07) is 8.75. The van der Waals surface area contributed by atoms with Gasteiger partial charge in [0.15, 0.2) is 0 Å². The van der Waals surface area contributed by atoms with Crippen LogP contribution in [-0.4, -0.2) is 26.4 Å². The number of benzene rings is 2. The highest BCUT2D eigenvalue weighted by Gasteiger charge is 2.24. The van der Waals surface area contributed by atoms with E-state index in [1.807, 2.05) is 0 Å². The van der Waals surface area contributed by atoms with Gasteiger partial charge in [-0.25, -0.2) is 17.2 Å². The molecule has 0 radical (unpaired) electrons. The topological polar surface area (TPSA) is 46.6 Å². The molecule has 2 aromatic rings.